The van der Waals surface area contributed by atoms with Gasteiger partial charge in [0, 0.05) is 16.8 Å². The van der Waals surface area contributed by atoms with Gasteiger partial charge in [-0.2, -0.15) is 5.10 Å². The molecular formula is C21H27N3. The molecule has 0 atom stereocenters. The monoisotopic (exact) mass is 321 g/mol. The minimum Gasteiger partial charge on any atom is -0.399 e. The molecule has 0 aliphatic carbocycles. The van der Waals surface area contributed by atoms with Crippen LogP contribution in [-0.2, 0) is 12.8 Å². The van der Waals surface area contributed by atoms with Crippen molar-refractivity contribution in [2.75, 3.05) is 5.73 Å². The molecule has 0 bridgehead atoms. The zero-order valence-corrected chi connectivity index (χ0v) is 14.9. The number of rotatable bonds is 6. The SMILES string of the molecule is CCCCCc1[nH]nc2ccc(Cc3c(C)cc(N)cc3C)cc12. The molecule has 126 valence electrons. The highest BCUT2D eigenvalue weighted by atomic mass is 15.1. The van der Waals surface area contributed by atoms with Gasteiger partial charge in [0.05, 0.1) is 5.52 Å². The predicted molar refractivity (Wildman–Crippen MR) is 102 cm³/mol. The number of nitrogens with one attached hydrogen (secondary N) is 1. The summed E-state index contributed by atoms with van der Waals surface area (Å²) in [6.45, 7) is 6.52. The third-order valence-corrected chi connectivity index (χ3v) is 4.83. The van der Waals surface area contributed by atoms with E-state index in [0.29, 0.717) is 0 Å². The normalized spacial score (nSPS) is 11.3. The molecule has 3 heteroatoms. The van der Waals surface area contributed by atoms with E-state index in [0.717, 1.165) is 24.0 Å². The van der Waals surface area contributed by atoms with Crippen LogP contribution < -0.4 is 5.73 Å². The minimum atomic E-state index is 0.845. The van der Waals surface area contributed by atoms with Crippen molar-refractivity contribution in [1.82, 2.24) is 10.2 Å². The molecule has 0 aliphatic rings. The Labute approximate surface area is 144 Å². The first kappa shape index (κ1) is 16.6. The number of aromatic amines is 1. The van der Waals surface area contributed by atoms with Crippen LogP contribution in [0.25, 0.3) is 10.9 Å². The summed E-state index contributed by atoms with van der Waals surface area (Å²) in [6.07, 6.45) is 5.74. The number of aromatic nitrogens is 2. The first-order chi connectivity index (χ1) is 11.6. The third kappa shape index (κ3) is 3.45. The quantitative estimate of drug-likeness (QED) is 0.491. The topological polar surface area (TPSA) is 54.7 Å². The number of anilines is 1. The first-order valence-corrected chi connectivity index (χ1v) is 8.90. The number of unbranched alkanes of at least 4 members (excludes halogenated alkanes) is 2. The van der Waals surface area contributed by atoms with Gasteiger partial charge < -0.3 is 5.73 Å². The van der Waals surface area contributed by atoms with Gasteiger partial charge in [-0.1, -0.05) is 25.8 Å². The standard InChI is InChI=1S/C21H27N3/c1-4-5-6-7-20-19-13-16(8-9-21(19)24-23-20)12-18-14(2)10-17(22)11-15(18)3/h8-11,13H,4-7,12,22H2,1-3H3,(H,23,24). The fourth-order valence-corrected chi connectivity index (χ4v) is 3.47. The molecule has 3 N–H and O–H groups in total. The van der Waals surface area contributed by atoms with E-state index in [4.69, 9.17) is 5.73 Å². The zero-order valence-electron chi connectivity index (χ0n) is 14.9. The number of nitrogen functional groups attached to an aromatic ring is 1. The Hall–Kier alpha value is -2.29. The van der Waals surface area contributed by atoms with Crippen molar-refractivity contribution in [3.8, 4) is 0 Å². The van der Waals surface area contributed by atoms with E-state index in [2.05, 4.69) is 61.3 Å². The lowest BCUT2D eigenvalue weighted by Gasteiger charge is -2.11. The van der Waals surface area contributed by atoms with Crippen molar-refractivity contribution in [2.24, 2.45) is 0 Å². The summed E-state index contributed by atoms with van der Waals surface area (Å²) in [5.41, 5.74) is 14.4. The molecule has 3 aromatic rings. The fraction of sp³-hybridized carbons (Fsp3) is 0.381. The minimum absolute atomic E-state index is 0.845. The molecule has 0 spiro atoms. The van der Waals surface area contributed by atoms with Crippen LogP contribution in [0, 0.1) is 13.8 Å². The summed E-state index contributed by atoms with van der Waals surface area (Å²) in [4.78, 5) is 0. The molecule has 0 unspecified atom stereocenters. The summed E-state index contributed by atoms with van der Waals surface area (Å²) in [7, 11) is 0. The number of hydrogen-bond donors (Lipinski definition) is 2. The van der Waals surface area contributed by atoms with E-state index >= 15 is 0 Å². The lowest BCUT2D eigenvalue weighted by molar-refractivity contribution is 0.707. The maximum Gasteiger partial charge on any atom is 0.0923 e. The van der Waals surface area contributed by atoms with Crippen LogP contribution in [0.5, 0.6) is 0 Å². The molecule has 1 aromatic heterocycles. The number of aryl methyl sites for hydroxylation is 3. The number of fused-ring (bicyclic) bond motifs is 1. The molecule has 0 saturated carbocycles. The Kier molecular flexibility index (Phi) is 4.89. The van der Waals surface area contributed by atoms with Gasteiger partial charge in [0.25, 0.3) is 0 Å². The molecule has 2 aromatic carbocycles. The maximum absolute atomic E-state index is 5.95. The smallest absolute Gasteiger partial charge is 0.0923 e. The second-order valence-corrected chi connectivity index (χ2v) is 6.82. The lowest BCUT2D eigenvalue weighted by atomic mass is 9.94. The van der Waals surface area contributed by atoms with Crippen molar-refractivity contribution in [3.63, 3.8) is 0 Å². The Morgan fingerprint density at radius 2 is 1.79 bits per heavy atom. The summed E-state index contributed by atoms with van der Waals surface area (Å²) < 4.78 is 0. The summed E-state index contributed by atoms with van der Waals surface area (Å²) in [6, 6.07) is 10.7. The molecule has 0 saturated heterocycles. The van der Waals surface area contributed by atoms with Crippen LogP contribution in [0.4, 0.5) is 5.69 Å². The van der Waals surface area contributed by atoms with Gasteiger partial charge in [-0.25, -0.2) is 0 Å². The lowest BCUT2D eigenvalue weighted by Crippen LogP contribution is -1.98. The Bertz CT molecular complexity index is 822. The van der Waals surface area contributed by atoms with Gasteiger partial charge in [-0.3, -0.25) is 5.10 Å². The molecule has 24 heavy (non-hydrogen) atoms. The van der Waals surface area contributed by atoms with Crippen molar-refractivity contribution in [3.05, 3.63) is 58.3 Å². The van der Waals surface area contributed by atoms with E-state index in [9.17, 15) is 0 Å². The van der Waals surface area contributed by atoms with Gasteiger partial charge in [-0.05, 0) is 79.6 Å². The third-order valence-electron chi connectivity index (χ3n) is 4.83. The molecule has 3 rings (SSSR count). The number of nitrogens with zero attached hydrogens (tertiary/aromatic N) is 1. The fourth-order valence-electron chi connectivity index (χ4n) is 3.47. The second-order valence-electron chi connectivity index (χ2n) is 6.82. The van der Waals surface area contributed by atoms with Crippen LogP contribution >= 0.6 is 0 Å². The second kappa shape index (κ2) is 7.08. The highest BCUT2D eigenvalue weighted by Crippen LogP contribution is 2.25. The van der Waals surface area contributed by atoms with Crippen LogP contribution in [0.2, 0.25) is 0 Å². The van der Waals surface area contributed by atoms with Crippen LogP contribution in [0.3, 0.4) is 0 Å². The molecule has 1 heterocycles. The van der Waals surface area contributed by atoms with E-state index in [1.165, 1.54) is 52.6 Å². The van der Waals surface area contributed by atoms with Crippen molar-refractivity contribution in [2.45, 2.75) is 52.9 Å². The van der Waals surface area contributed by atoms with Crippen molar-refractivity contribution in [1.29, 1.82) is 0 Å². The van der Waals surface area contributed by atoms with E-state index in [1.54, 1.807) is 0 Å². The largest absolute Gasteiger partial charge is 0.399 e. The number of H-pyrrole nitrogens is 1. The molecule has 3 nitrogen and oxygen atoms in total. The van der Waals surface area contributed by atoms with Gasteiger partial charge in [0.15, 0.2) is 0 Å². The molecule has 0 fully saturated rings. The van der Waals surface area contributed by atoms with Crippen LogP contribution in [0.1, 0.15) is 54.1 Å². The average molecular weight is 321 g/mol. The molecule has 0 amide bonds. The average Bonchev–Trinajstić information content (AvgIpc) is 2.94. The Morgan fingerprint density at radius 1 is 1.04 bits per heavy atom. The highest BCUT2D eigenvalue weighted by molar-refractivity contribution is 5.82. The maximum atomic E-state index is 5.95. The van der Waals surface area contributed by atoms with Crippen LogP contribution in [-0.4, -0.2) is 10.2 Å². The van der Waals surface area contributed by atoms with Crippen LogP contribution in [0.15, 0.2) is 30.3 Å². The van der Waals surface area contributed by atoms with Crippen molar-refractivity contribution < 1.29 is 0 Å². The molecular weight excluding hydrogens is 294 g/mol. The van der Waals surface area contributed by atoms with E-state index in [1.807, 2.05) is 0 Å². The highest BCUT2D eigenvalue weighted by Gasteiger charge is 2.09. The van der Waals surface area contributed by atoms with E-state index in [-0.39, 0.29) is 0 Å². The summed E-state index contributed by atoms with van der Waals surface area (Å²) in [5.74, 6) is 0. The first-order valence-electron chi connectivity index (χ1n) is 8.90. The Morgan fingerprint density at radius 3 is 2.50 bits per heavy atom. The Balaban J connectivity index is 1.89. The summed E-state index contributed by atoms with van der Waals surface area (Å²) in [5, 5.41) is 8.95. The number of hydrogen-bond acceptors (Lipinski definition) is 2. The van der Waals surface area contributed by atoms with Gasteiger partial charge in [0.1, 0.15) is 0 Å². The summed E-state index contributed by atoms with van der Waals surface area (Å²) >= 11 is 0. The van der Waals surface area contributed by atoms with Gasteiger partial charge >= 0.3 is 0 Å². The molecule has 0 radical (unpaired) electrons. The van der Waals surface area contributed by atoms with Gasteiger partial charge in [-0.15, -0.1) is 0 Å². The number of benzene rings is 2. The van der Waals surface area contributed by atoms with Crippen molar-refractivity contribution >= 4 is 16.6 Å². The van der Waals surface area contributed by atoms with E-state index < -0.39 is 0 Å². The number of nitrogens with two attached hydrogens (primary N) is 1. The predicted octanol–water partition coefficient (Wildman–Crippen LogP) is 5.09. The molecule has 0 aliphatic heterocycles. The zero-order chi connectivity index (χ0) is 17.1. The van der Waals surface area contributed by atoms with Gasteiger partial charge in [0.2, 0.25) is 0 Å².